The molecule has 0 atom stereocenters. The molecule has 0 saturated heterocycles. The zero-order chi connectivity index (χ0) is 19.1. The minimum absolute atomic E-state index is 0.128. The maximum absolute atomic E-state index is 12.4. The largest absolute Gasteiger partial charge is 0.460 e. The van der Waals surface area contributed by atoms with Crippen LogP contribution in [-0.2, 0) is 4.79 Å². The van der Waals surface area contributed by atoms with Gasteiger partial charge in [-0.05, 0) is 38.5 Å². The van der Waals surface area contributed by atoms with Crippen molar-refractivity contribution in [3.63, 3.8) is 0 Å². The van der Waals surface area contributed by atoms with Crippen LogP contribution in [0.2, 0.25) is 5.02 Å². The molecular weight excluding hydrogens is 384 g/mol. The zero-order valence-corrected chi connectivity index (χ0v) is 16.6. The van der Waals surface area contributed by atoms with Crippen LogP contribution in [0.5, 0.6) is 0 Å². The summed E-state index contributed by atoms with van der Waals surface area (Å²) in [6.45, 7) is 5.68. The van der Waals surface area contributed by atoms with Gasteiger partial charge in [-0.25, -0.2) is 0 Å². The summed E-state index contributed by atoms with van der Waals surface area (Å²) < 4.78 is 7.71. The van der Waals surface area contributed by atoms with Crippen LogP contribution in [0.3, 0.4) is 0 Å². The number of nitrogens with zero attached hydrogens (tertiary/aromatic N) is 3. The Kier molecular flexibility index (Phi) is 4.57. The zero-order valence-electron chi connectivity index (χ0n) is 15.0. The highest BCUT2D eigenvalue weighted by atomic mass is 35.5. The predicted molar refractivity (Wildman–Crippen MR) is 108 cm³/mol. The molecule has 0 aliphatic rings. The minimum Gasteiger partial charge on any atom is -0.460 e. The van der Waals surface area contributed by atoms with Gasteiger partial charge in [-0.1, -0.05) is 29.4 Å². The van der Waals surface area contributed by atoms with E-state index in [0.29, 0.717) is 15.7 Å². The number of hydrogen-bond acceptors (Lipinski definition) is 5. The fourth-order valence-corrected chi connectivity index (χ4v) is 3.91. The van der Waals surface area contributed by atoms with Crippen molar-refractivity contribution in [2.45, 2.75) is 25.8 Å². The van der Waals surface area contributed by atoms with Gasteiger partial charge in [0, 0.05) is 22.8 Å². The first-order valence-electron chi connectivity index (χ1n) is 8.36. The van der Waals surface area contributed by atoms with Gasteiger partial charge in [-0.15, -0.1) is 10.2 Å². The Bertz CT molecular complexity index is 1180. The topological polar surface area (TPSA) is 72.4 Å². The van der Waals surface area contributed by atoms with E-state index in [4.69, 9.17) is 16.0 Å². The van der Waals surface area contributed by atoms with Gasteiger partial charge in [0.2, 0.25) is 5.91 Å². The van der Waals surface area contributed by atoms with E-state index in [-0.39, 0.29) is 11.7 Å². The highest BCUT2D eigenvalue weighted by molar-refractivity contribution is 8.00. The summed E-state index contributed by atoms with van der Waals surface area (Å²) in [6, 6.07) is 9.34. The summed E-state index contributed by atoms with van der Waals surface area (Å²) in [5.41, 5.74) is 4.18. The number of benzene rings is 1. The van der Waals surface area contributed by atoms with Crippen molar-refractivity contribution >= 4 is 51.6 Å². The SMILES string of the molecule is Cc1cc2c(cc3c(SCC(=O)Nc4cccc(Cl)c4C)nnc(C)n32)o1. The number of thioether (sulfide) groups is 1. The Morgan fingerprint density at radius 2 is 2.04 bits per heavy atom. The van der Waals surface area contributed by atoms with Gasteiger partial charge >= 0.3 is 0 Å². The molecule has 0 saturated carbocycles. The summed E-state index contributed by atoms with van der Waals surface area (Å²) >= 11 is 7.44. The molecule has 0 fully saturated rings. The first kappa shape index (κ1) is 17.9. The van der Waals surface area contributed by atoms with Crippen molar-refractivity contribution < 1.29 is 9.21 Å². The van der Waals surface area contributed by atoms with Crippen molar-refractivity contribution in [3.05, 3.63) is 52.5 Å². The number of halogens is 1. The van der Waals surface area contributed by atoms with E-state index >= 15 is 0 Å². The molecule has 0 spiro atoms. The first-order chi connectivity index (χ1) is 12.9. The van der Waals surface area contributed by atoms with E-state index in [0.717, 1.165) is 33.8 Å². The van der Waals surface area contributed by atoms with Crippen molar-refractivity contribution in [2.75, 3.05) is 11.1 Å². The van der Waals surface area contributed by atoms with Crippen LogP contribution >= 0.6 is 23.4 Å². The van der Waals surface area contributed by atoms with Gasteiger partial charge in [-0.3, -0.25) is 9.20 Å². The van der Waals surface area contributed by atoms with Crippen LogP contribution in [0, 0.1) is 20.8 Å². The van der Waals surface area contributed by atoms with Crippen LogP contribution in [0.4, 0.5) is 5.69 Å². The molecule has 0 aliphatic carbocycles. The highest BCUT2D eigenvalue weighted by Crippen LogP contribution is 2.30. The van der Waals surface area contributed by atoms with Crippen LogP contribution in [0.1, 0.15) is 17.1 Å². The number of nitrogens with one attached hydrogen (secondary N) is 1. The fourth-order valence-electron chi connectivity index (χ4n) is 3.00. The second kappa shape index (κ2) is 6.90. The molecule has 4 aromatic rings. The third-order valence-corrected chi connectivity index (χ3v) is 5.70. The summed E-state index contributed by atoms with van der Waals surface area (Å²) in [4.78, 5) is 12.4. The van der Waals surface area contributed by atoms with Gasteiger partial charge < -0.3 is 9.73 Å². The Hall–Kier alpha value is -2.51. The molecule has 8 heteroatoms. The second-order valence-electron chi connectivity index (χ2n) is 6.27. The number of aryl methyl sites for hydroxylation is 2. The van der Waals surface area contributed by atoms with Crippen LogP contribution in [0.15, 0.2) is 39.8 Å². The number of hydrogen-bond donors (Lipinski definition) is 1. The molecule has 0 unspecified atom stereocenters. The van der Waals surface area contributed by atoms with Crippen LogP contribution in [0.25, 0.3) is 16.6 Å². The van der Waals surface area contributed by atoms with Gasteiger partial charge in [-0.2, -0.15) is 0 Å². The Labute approximate surface area is 164 Å². The molecule has 138 valence electrons. The number of carbonyl (C=O) groups is 1. The molecule has 6 nitrogen and oxygen atoms in total. The average molecular weight is 401 g/mol. The number of furan rings is 1. The molecule has 1 N–H and O–H groups in total. The molecule has 1 amide bonds. The number of anilines is 1. The number of carbonyl (C=O) groups excluding carboxylic acids is 1. The first-order valence-corrected chi connectivity index (χ1v) is 9.73. The highest BCUT2D eigenvalue weighted by Gasteiger charge is 2.16. The predicted octanol–water partition coefficient (Wildman–Crippen LogP) is 4.78. The van der Waals surface area contributed by atoms with Crippen molar-refractivity contribution in [3.8, 4) is 0 Å². The fraction of sp³-hybridized carbons (Fsp3) is 0.211. The quantitative estimate of drug-likeness (QED) is 0.499. The summed E-state index contributed by atoms with van der Waals surface area (Å²) in [6.07, 6.45) is 0. The molecular formula is C19H17ClN4O2S. The molecule has 3 aromatic heterocycles. The van der Waals surface area contributed by atoms with Gasteiger partial charge in [0.25, 0.3) is 0 Å². The molecule has 3 heterocycles. The monoisotopic (exact) mass is 400 g/mol. The van der Waals surface area contributed by atoms with E-state index in [2.05, 4.69) is 15.5 Å². The Morgan fingerprint density at radius 1 is 1.22 bits per heavy atom. The van der Waals surface area contributed by atoms with Crippen LogP contribution in [-0.4, -0.2) is 26.3 Å². The van der Waals surface area contributed by atoms with Crippen molar-refractivity contribution in [1.29, 1.82) is 0 Å². The lowest BCUT2D eigenvalue weighted by atomic mass is 10.2. The lowest BCUT2D eigenvalue weighted by molar-refractivity contribution is -0.113. The van der Waals surface area contributed by atoms with Gasteiger partial charge in [0.05, 0.1) is 16.8 Å². The number of amides is 1. The summed E-state index contributed by atoms with van der Waals surface area (Å²) in [7, 11) is 0. The second-order valence-corrected chi connectivity index (χ2v) is 7.64. The number of fused-ring (bicyclic) bond motifs is 3. The molecule has 4 rings (SSSR count). The molecule has 27 heavy (non-hydrogen) atoms. The molecule has 1 aromatic carbocycles. The van der Waals surface area contributed by atoms with Gasteiger partial charge in [0.1, 0.15) is 16.6 Å². The number of rotatable bonds is 4. The smallest absolute Gasteiger partial charge is 0.234 e. The lowest BCUT2D eigenvalue weighted by Crippen LogP contribution is -2.15. The Balaban J connectivity index is 1.57. The molecule has 0 radical (unpaired) electrons. The van der Waals surface area contributed by atoms with Crippen molar-refractivity contribution in [2.24, 2.45) is 0 Å². The van der Waals surface area contributed by atoms with E-state index in [9.17, 15) is 4.79 Å². The third kappa shape index (κ3) is 3.28. The maximum Gasteiger partial charge on any atom is 0.234 e. The van der Waals surface area contributed by atoms with E-state index in [1.54, 1.807) is 6.07 Å². The lowest BCUT2D eigenvalue weighted by Gasteiger charge is -2.09. The summed E-state index contributed by atoms with van der Waals surface area (Å²) in [5.74, 6) is 1.70. The maximum atomic E-state index is 12.4. The average Bonchev–Trinajstić information content (AvgIpc) is 3.15. The van der Waals surface area contributed by atoms with Crippen LogP contribution < -0.4 is 5.32 Å². The minimum atomic E-state index is -0.128. The van der Waals surface area contributed by atoms with E-state index in [1.165, 1.54) is 11.8 Å². The van der Waals surface area contributed by atoms with E-state index < -0.39 is 0 Å². The standard InChI is InChI=1S/C19H17ClN4O2S/c1-10-7-15-17(26-10)8-16-19(23-22-12(3)24(15)16)27-9-18(25)21-14-6-4-5-13(20)11(14)2/h4-8H,9H2,1-3H3,(H,21,25). The van der Waals surface area contributed by atoms with E-state index in [1.807, 2.05) is 49.4 Å². The third-order valence-electron chi connectivity index (χ3n) is 4.32. The number of aromatic nitrogens is 3. The summed E-state index contributed by atoms with van der Waals surface area (Å²) in [5, 5.41) is 12.7. The molecule has 0 aliphatic heterocycles. The molecule has 0 bridgehead atoms. The normalized spacial score (nSPS) is 11.4. The van der Waals surface area contributed by atoms with Crippen molar-refractivity contribution in [1.82, 2.24) is 14.6 Å². The van der Waals surface area contributed by atoms with Gasteiger partial charge in [0.15, 0.2) is 5.58 Å². The Morgan fingerprint density at radius 3 is 2.85 bits per heavy atom.